The summed E-state index contributed by atoms with van der Waals surface area (Å²) in [6, 6.07) is 0. The molecule has 1 saturated carbocycles. The molecule has 0 amide bonds. The van der Waals surface area contributed by atoms with Crippen molar-refractivity contribution in [2.75, 3.05) is 20.3 Å². The van der Waals surface area contributed by atoms with Gasteiger partial charge in [0.1, 0.15) is 11.9 Å². The Kier molecular flexibility index (Phi) is 11.8. The fourth-order valence-electron chi connectivity index (χ4n) is 3.72. The molecular formula is C23H41NO5. The maximum Gasteiger partial charge on any atom is 0.357 e. The van der Waals surface area contributed by atoms with Crippen molar-refractivity contribution in [3.05, 3.63) is 12.0 Å². The number of ether oxygens (including phenoxy) is 3. The predicted molar refractivity (Wildman–Crippen MR) is 114 cm³/mol. The van der Waals surface area contributed by atoms with Crippen molar-refractivity contribution >= 4 is 11.9 Å². The number of likely N-dealkylation sites (N-methyl/N-ethyl adjacent to an activating group) is 1. The molecule has 0 radical (unpaired) electrons. The molecule has 1 aliphatic carbocycles. The van der Waals surface area contributed by atoms with Crippen LogP contribution >= 0.6 is 0 Å². The van der Waals surface area contributed by atoms with Crippen LogP contribution in [0.3, 0.4) is 0 Å². The second-order valence-corrected chi connectivity index (χ2v) is 8.93. The van der Waals surface area contributed by atoms with Crippen LogP contribution < -0.4 is 5.32 Å². The molecule has 0 unspecified atom stereocenters. The number of carbonyl (C=O) groups is 2. The van der Waals surface area contributed by atoms with Crippen LogP contribution in [0, 0.1) is 11.8 Å². The van der Waals surface area contributed by atoms with Crippen molar-refractivity contribution in [2.24, 2.45) is 11.8 Å². The van der Waals surface area contributed by atoms with Gasteiger partial charge in [-0.3, -0.25) is 4.79 Å². The second-order valence-electron chi connectivity index (χ2n) is 8.93. The quantitative estimate of drug-likeness (QED) is 0.284. The summed E-state index contributed by atoms with van der Waals surface area (Å²) in [6.07, 6.45) is 11.7. The van der Waals surface area contributed by atoms with Gasteiger partial charge in [-0.1, -0.05) is 44.9 Å². The number of esters is 2. The summed E-state index contributed by atoms with van der Waals surface area (Å²) < 4.78 is 16.1. The van der Waals surface area contributed by atoms with Crippen LogP contribution in [-0.4, -0.2) is 37.8 Å². The molecule has 0 bridgehead atoms. The van der Waals surface area contributed by atoms with Crippen LogP contribution in [0.15, 0.2) is 12.0 Å². The number of hydrogen-bond donors (Lipinski definition) is 1. The molecule has 29 heavy (non-hydrogen) atoms. The molecule has 6 nitrogen and oxygen atoms in total. The highest BCUT2D eigenvalue weighted by Gasteiger charge is 2.22. The van der Waals surface area contributed by atoms with Crippen molar-refractivity contribution in [1.82, 2.24) is 5.32 Å². The summed E-state index contributed by atoms with van der Waals surface area (Å²) in [5.41, 5.74) is -0.224. The number of rotatable bonds is 12. The molecule has 1 N–H and O–H groups in total. The van der Waals surface area contributed by atoms with Crippen LogP contribution in [0.1, 0.15) is 85.5 Å². The molecule has 0 aromatic heterocycles. The van der Waals surface area contributed by atoms with Crippen LogP contribution in [-0.2, 0) is 23.8 Å². The van der Waals surface area contributed by atoms with Gasteiger partial charge in [-0.15, -0.1) is 0 Å². The maximum atomic E-state index is 12.3. The van der Waals surface area contributed by atoms with Gasteiger partial charge in [0.2, 0.25) is 0 Å². The fraction of sp³-hybridized carbons (Fsp3) is 0.826. The summed E-state index contributed by atoms with van der Waals surface area (Å²) in [5.74, 6) is 0.236. The first kappa shape index (κ1) is 25.3. The van der Waals surface area contributed by atoms with E-state index in [-0.39, 0.29) is 17.6 Å². The largest absolute Gasteiger partial charge is 0.498 e. The normalized spacial score (nSPS) is 16.8. The number of nitrogens with one attached hydrogen (secondary N) is 1. The molecule has 0 aliphatic heterocycles. The Bertz CT molecular complexity index is 518. The topological polar surface area (TPSA) is 73.9 Å². The average Bonchev–Trinajstić information content (AvgIpc) is 2.64. The number of carbonyl (C=O) groups excluding carboxylic acids is 2. The molecule has 168 valence electrons. The van der Waals surface area contributed by atoms with Crippen LogP contribution in [0.25, 0.3) is 0 Å². The molecule has 1 fully saturated rings. The van der Waals surface area contributed by atoms with E-state index in [4.69, 9.17) is 14.2 Å². The third kappa shape index (κ3) is 11.8. The summed E-state index contributed by atoms with van der Waals surface area (Å²) in [4.78, 5) is 24.1. The van der Waals surface area contributed by atoms with Crippen LogP contribution in [0.2, 0.25) is 0 Å². The summed E-state index contributed by atoms with van der Waals surface area (Å²) >= 11 is 0. The third-order valence-electron chi connectivity index (χ3n) is 5.12. The highest BCUT2D eigenvalue weighted by Crippen LogP contribution is 2.29. The summed E-state index contributed by atoms with van der Waals surface area (Å²) in [6.45, 7) is 8.06. The second kappa shape index (κ2) is 13.5. The molecule has 0 aromatic carbocycles. The standard InChI is InChI=1S/C23H41NO5/c1-6-28-22(26)20(24-5)17-27-16-19(15-21(25)29-23(2,3)4)14-10-13-18-11-8-7-9-12-18/h17-19,24H,6-16H2,1-5H3/b20-17-/t19-/m1/s1. The maximum absolute atomic E-state index is 12.3. The van der Waals surface area contributed by atoms with E-state index >= 15 is 0 Å². The molecule has 1 aliphatic rings. The lowest BCUT2D eigenvalue weighted by Gasteiger charge is -2.24. The molecule has 0 saturated heterocycles. The number of hydrogen-bond acceptors (Lipinski definition) is 6. The van der Waals surface area contributed by atoms with Gasteiger partial charge in [0, 0.05) is 13.0 Å². The Morgan fingerprint density at radius 2 is 1.86 bits per heavy atom. The average molecular weight is 412 g/mol. The zero-order valence-electron chi connectivity index (χ0n) is 19.1. The van der Waals surface area contributed by atoms with E-state index in [1.54, 1.807) is 14.0 Å². The minimum Gasteiger partial charge on any atom is -0.498 e. The zero-order valence-corrected chi connectivity index (χ0v) is 19.1. The van der Waals surface area contributed by atoms with Crippen molar-refractivity contribution in [3.8, 4) is 0 Å². The molecule has 1 rings (SSSR count). The summed E-state index contributed by atoms with van der Waals surface area (Å²) in [5, 5.41) is 2.79. The van der Waals surface area contributed by atoms with Crippen molar-refractivity contribution in [1.29, 1.82) is 0 Å². The van der Waals surface area contributed by atoms with E-state index in [1.165, 1.54) is 44.8 Å². The first-order valence-corrected chi connectivity index (χ1v) is 11.1. The molecule has 0 spiro atoms. The van der Waals surface area contributed by atoms with E-state index in [0.717, 1.165) is 18.8 Å². The van der Waals surface area contributed by atoms with Gasteiger partial charge < -0.3 is 19.5 Å². The molecule has 0 aromatic rings. The lowest BCUT2D eigenvalue weighted by molar-refractivity contribution is -0.156. The first-order chi connectivity index (χ1) is 13.7. The van der Waals surface area contributed by atoms with Gasteiger partial charge in [-0.25, -0.2) is 4.79 Å². The monoisotopic (exact) mass is 411 g/mol. The highest BCUT2D eigenvalue weighted by atomic mass is 16.6. The van der Waals surface area contributed by atoms with Crippen molar-refractivity contribution in [2.45, 2.75) is 91.1 Å². The Hall–Kier alpha value is -1.72. The lowest BCUT2D eigenvalue weighted by atomic mass is 9.84. The Balaban J connectivity index is 2.57. The van der Waals surface area contributed by atoms with E-state index in [2.05, 4.69) is 5.32 Å². The predicted octanol–water partition coefficient (Wildman–Crippen LogP) is 4.73. The van der Waals surface area contributed by atoms with E-state index < -0.39 is 11.6 Å². The van der Waals surface area contributed by atoms with Gasteiger partial charge >= 0.3 is 11.9 Å². The smallest absolute Gasteiger partial charge is 0.357 e. The molecule has 0 heterocycles. The minimum absolute atomic E-state index is 0.0602. The van der Waals surface area contributed by atoms with E-state index in [9.17, 15) is 9.59 Å². The zero-order chi connectivity index (χ0) is 21.7. The van der Waals surface area contributed by atoms with Crippen LogP contribution in [0.5, 0.6) is 0 Å². The Labute approximate surface area is 176 Å². The SMILES string of the molecule is CCOC(=O)/C(=C/OC[C@H](CCCC1CCCCC1)CC(=O)OC(C)(C)C)NC. The fourth-order valence-corrected chi connectivity index (χ4v) is 3.72. The Morgan fingerprint density at radius 1 is 1.17 bits per heavy atom. The molecular weight excluding hydrogens is 370 g/mol. The van der Waals surface area contributed by atoms with Gasteiger partial charge in [0.05, 0.1) is 19.6 Å². The van der Waals surface area contributed by atoms with Gasteiger partial charge in [0.25, 0.3) is 0 Å². The first-order valence-electron chi connectivity index (χ1n) is 11.1. The van der Waals surface area contributed by atoms with E-state index in [0.29, 0.717) is 19.6 Å². The molecule has 1 atom stereocenters. The summed E-state index contributed by atoms with van der Waals surface area (Å²) in [7, 11) is 1.65. The molecule has 6 heteroatoms. The van der Waals surface area contributed by atoms with Crippen molar-refractivity contribution < 1.29 is 23.8 Å². The highest BCUT2D eigenvalue weighted by molar-refractivity contribution is 5.87. The van der Waals surface area contributed by atoms with Crippen molar-refractivity contribution in [3.63, 3.8) is 0 Å². The minimum atomic E-state index is -0.492. The van der Waals surface area contributed by atoms with Gasteiger partial charge in [-0.05, 0) is 40.0 Å². The lowest BCUT2D eigenvalue weighted by Crippen LogP contribution is -2.26. The van der Waals surface area contributed by atoms with E-state index in [1.807, 2.05) is 20.8 Å². The van der Waals surface area contributed by atoms with Crippen LogP contribution in [0.4, 0.5) is 0 Å². The van der Waals surface area contributed by atoms with Gasteiger partial charge in [-0.2, -0.15) is 0 Å². The Morgan fingerprint density at radius 3 is 2.45 bits per heavy atom. The van der Waals surface area contributed by atoms with Gasteiger partial charge in [0.15, 0.2) is 5.70 Å². The third-order valence-corrected chi connectivity index (χ3v) is 5.12.